The van der Waals surface area contributed by atoms with Crippen molar-refractivity contribution in [2.45, 2.75) is 30.6 Å². The summed E-state index contributed by atoms with van der Waals surface area (Å²) in [5.41, 5.74) is 3.23. The molecule has 1 saturated heterocycles. The van der Waals surface area contributed by atoms with Crippen LogP contribution in [0.5, 0.6) is 5.75 Å². The number of aryl methyl sites for hydroxylation is 1. The van der Waals surface area contributed by atoms with Crippen LogP contribution in [0.2, 0.25) is 0 Å². The van der Waals surface area contributed by atoms with E-state index in [2.05, 4.69) is 38.6 Å². The first kappa shape index (κ1) is 22.0. The normalized spacial score (nSPS) is 16.6. The van der Waals surface area contributed by atoms with Crippen LogP contribution in [0.15, 0.2) is 52.3 Å². The van der Waals surface area contributed by atoms with Gasteiger partial charge in [-0.05, 0) is 87.1 Å². The fourth-order valence-electron chi connectivity index (χ4n) is 4.68. The minimum atomic E-state index is 0.00701. The van der Waals surface area contributed by atoms with Gasteiger partial charge in [-0.25, -0.2) is 0 Å². The van der Waals surface area contributed by atoms with E-state index in [1.807, 2.05) is 30.3 Å². The molecule has 1 aromatic heterocycles. The van der Waals surface area contributed by atoms with E-state index in [1.54, 1.807) is 7.11 Å². The molecule has 3 aromatic rings. The van der Waals surface area contributed by atoms with Crippen molar-refractivity contribution in [2.75, 3.05) is 33.3 Å². The highest BCUT2D eigenvalue weighted by Gasteiger charge is 2.23. The molecule has 0 radical (unpaired) electrons. The van der Waals surface area contributed by atoms with Gasteiger partial charge in [-0.2, -0.15) is 5.10 Å². The smallest absolute Gasteiger partial charge is 0.258 e. The summed E-state index contributed by atoms with van der Waals surface area (Å²) >= 11 is 1.53. The Morgan fingerprint density at radius 1 is 1.21 bits per heavy atom. The Hall–Kier alpha value is -2.77. The molecular weight excluding hydrogens is 432 g/mol. The molecular formula is C26H30N4O2S. The van der Waals surface area contributed by atoms with Gasteiger partial charge in [0.2, 0.25) is 0 Å². The third-order valence-electron chi connectivity index (χ3n) is 6.65. The van der Waals surface area contributed by atoms with E-state index >= 15 is 0 Å². The number of nitrogens with zero attached hydrogens (tertiary/aromatic N) is 2. The Kier molecular flexibility index (Phi) is 6.69. The molecule has 5 rings (SSSR count). The Bertz CT molecular complexity index is 1150. The molecule has 0 unspecified atom stereocenters. The first-order chi connectivity index (χ1) is 16.2. The van der Waals surface area contributed by atoms with E-state index in [1.165, 1.54) is 23.7 Å². The summed E-state index contributed by atoms with van der Waals surface area (Å²) in [7, 11) is 1.70. The van der Waals surface area contributed by atoms with Crippen molar-refractivity contribution >= 4 is 34.6 Å². The molecule has 1 amide bonds. The van der Waals surface area contributed by atoms with Crippen LogP contribution in [0.1, 0.15) is 30.5 Å². The Morgan fingerprint density at radius 3 is 2.82 bits per heavy atom. The van der Waals surface area contributed by atoms with Crippen LogP contribution in [0.4, 0.5) is 0 Å². The lowest BCUT2D eigenvalue weighted by atomic mass is 9.96. The fourth-order valence-corrected chi connectivity index (χ4v) is 5.71. The van der Waals surface area contributed by atoms with Gasteiger partial charge < -0.3 is 15.0 Å². The van der Waals surface area contributed by atoms with Gasteiger partial charge in [0.15, 0.2) is 0 Å². The lowest BCUT2D eigenvalue weighted by Crippen LogP contribution is -2.39. The maximum atomic E-state index is 12.8. The number of methoxy groups -OCH3 is 1. The molecule has 0 saturated carbocycles. The van der Waals surface area contributed by atoms with Crippen molar-refractivity contribution in [1.29, 1.82) is 0 Å². The number of amides is 1. The van der Waals surface area contributed by atoms with Crippen LogP contribution in [0.25, 0.3) is 17.0 Å². The molecule has 0 spiro atoms. The Labute approximate surface area is 198 Å². The lowest BCUT2D eigenvalue weighted by molar-refractivity contribution is -0.117. The monoisotopic (exact) mass is 462 g/mol. The summed E-state index contributed by atoms with van der Waals surface area (Å²) in [5.74, 6) is 1.47. The van der Waals surface area contributed by atoms with Gasteiger partial charge in [0, 0.05) is 16.8 Å². The average Bonchev–Trinajstić information content (AvgIpc) is 3.28. The zero-order valence-electron chi connectivity index (χ0n) is 19.0. The number of carbonyl (C=O) groups excluding carboxylic acids is 1. The largest absolute Gasteiger partial charge is 0.497 e. The number of H-pyrrole nitrogens is 1. The summed E-state index contributed by atoms with van der Waals surface area (Å²) < 4.78 is 5.23. The van der Waals surface area contributed by atoms with Crippen LogP contribution in [-0.4, -0.2) is 54.3 Å². The van der Waals surface area contributed by atoms with Gasteiger partial charge in [0.1, 0.15) is 5.75 Å². The fraction of sp³-hybridized carbons (Fsp3) is 0.385. The highest BCUT2D eigenvalue weighted by molar-refractivity contribution is 8.04. The van der Waals surface area contributed by atoms with Crippen LogP contribution < -0.4 is 10.1 Å². The number of hydrogen-bond acceptors (Lipinski definition) is 5. The maximum Gasteiger partial charge on any atom is 0.258 e. The van der Waals surface area contributed by atoms with Gasteiger partial charge in [0.25, 0.3) is 5.91 Å². The predicted molar refractivity (Wildman–Crippen MR) is 133 cm³/mol. The number of likely N-dealkylation sites (tertiary alicyclic amines) is 1. The second-order valence-electron chi connectivity index (χ2n) is 8.84. The molecule has 2 N–H and O–H groups in total. The number of aromatic amines is 1. The molecule has 3 heterocycles. The van der Waals surface area contributed by atoms with Crippen molar-refractivity contribution in [2.24, 2.45) is 5.92 Å². The molecule has 2 aliphatic rings. The van der Waals surface area contributed by atoms with Crippen molar-refractivity contribution in [3.05, 3.63) is 58.6 Å². The molecule has 33 heavy (non-hydrogen) atoms. The number of carbonyl (C=O) groups is 1. The predicted octanol–water partition coefficient (Wildman–Crippen LogP) is 4.48. The summed E-state index contributed by atoms with van der Waals surface area (Å²) in [6.07, 6.45) is 6.44. The van der Waals surface area contributed by atoms with Gasteiger partial charge in [-0.15, -0.1) is 0 Å². The standard InChI is InChI=1S/C26H30N4O2S/c1-32-20-9-7-18(8-10-20)4-3-13-30-14-11-19(12-15-30)17-27-26(31)24-16-22-25-21(28-29-22)5-2-6-23(25)33-24/h2,5-10,16,19H,3-4,11-15,17H2,1H3,(H,27,31)(H,28,29). The molecule has 0 aliphatic carbocycles. The molecule has 0 atom stereocenters. The zero-order valence-corrected chi connectivity index (χ0v) is 19.8. The SMILES string of the molecule is COc1ccc(CCCN2CCC(CNC(=O)C3=Cc4n[nH]c5cccc(c45)S3)CC2)cc1. The zero-order chi connectivity index (χ0) is 22.6. The van der Waals surface area contributed by atoms with E-state index in [4.69, 9.17) is 4.74 Å². The summed E-state index contributed by atoms with van der Waals surface area (Å²) in [4.78, 5) is 17.2. The lowest BCUT2D eigenvalue weighted by Gasteiger charge is -2.32. The summed E-state index contributed by atoms with van der Waals surface area (Å²) in [6, 6.07) is 14.4. The quantitative estimate of drug-likeness (QED) is 0.517. The van der Waals surface area contributed by atoms with Crippen LogP contribution in [0.3, 0.4) is 0 Å². The van der Waals surface area contributed by atoms with E-state index < -0.39 is 0 Å². The minimum absolute atomic E-state index is 0.00701. The molecule has 7 heteroatoms. The van der Waals surface area contributed by atoms with E-state index in [0.717, 1.165) is 77.6 Å². The van der Waals surface area contributed by atoms with Crippen LogP contribution in [-0.2, 0) is 11.2 Å². The number of benzene rings is 2. The Balaban J connectivity index is 1.04. The third-order valence-corrected chi connectivity index (χ3v) is 7.73. The number of ether oxygens (including phenoxy) is 1. The van der Waals surface area contributed by atoms with Gasteiger partial charge in [-0.1, -0.05) is 30.0 Å². The summed E-state index contributed by atoms with van der Waals surface area (Å²) in [5, 5.41) is 11.7. The first-order valence-electron chi connectivity index (χ1n) is 11.7. The molecule has 0 bridgehead atoms. The Morgan fingerprint density at radius 2 is 2.03 bits per heavy atom. The number of rotatable bonds is 8. The second-order valence-corrected chi connectivity index (χ2v) is 9.93. The van der Waals surface area contributed by atoms with Crippen molar-refractivity contribution in [3.8, 4) is 5.75 Å². The number of nitrogens with one attached hydrogen (secondary N) is 2. The number of piperidine rings is 1. The van der Waals surface area contributed by atoms with Crippen LogP contribution in [0, 0.1) is 5.92 Å². The van der Waals surface area contributed by atoms with Gasteiger partial charge in [-0.3, -0.25) is 9.89 Å². The van der Waals surface area contributed by atoms with E-state index in [-0.39, 0.29) is 5.91 Å². The molecule has 1 fully saturated rings. The van der Waals surface area contributed by atoms with E-state index in [0.29, 0.717) is 5.92 Å². The van der Waals surface area contributed by atoms with E-state index in [9.17, 15) is 4.79 Å². The highest BCUT2D eigenvalue weighted by Crippen LogP contribution is 2.39. The summed E-state index contributed by atoms with van der Waals surface area (Å²) in [6.45, 7) is 4.10. The highest BCUT2D eigenvalue weighted by atomic mass is 32.2. The number of aromatic nitrogens is 2. The average molecular weight is 463 g/mol. The maximum absolute atomic E-state index is 12.8. The minimum Gasteiger partial charge on any atom is -0.497 e. The molecule has 2 aliphatic heterocycles. The molecule has 6 nitrogen and oxygen atoms in total. The molecule has 172 valence electrons. The van der Waals surface area contributed by atoms with Gasteiger partial charge in [0.05, 0.1) is 23.2 Å². The second kappa shape index (κ2) is 10.0. The van der Waals surface area contributed by atoms with Gasteiger partial charge >= 0.3 is 0 Å². The molecule has 2 aromatic carbocycles. The van der Waals surface area contributed by atoms with Crippen molar-refractivity contribution in [3.63, 3.8) is 0 Å². The number of thioether (sulfide) groups is 1. The first-order valence-corrected chi connectivity index (χ1v) is 12.5. The number of hydrogen-bond donors (Lipinski definition) is 2. The van der Waals surface area contributed by atoms with Crippen molar-refractivity contribution < 1.29 is 9.53 Å². The van der Waals surface area contributed by atoms with Crippen LogP contribution >= 0.6 is 11.8 Å². The van der Waals surface area contributed by atoms with Crippen molar-refractivity contribution in [1.82, 2.24) is 20.4 Å². The topological polar surface area (TPSA) is 70.2 Å². The third kappa shape index (κ3) is 5.09.